The Morgan fingerprint density at radius 2 is 1.87 bits per heavy atom. The number of nitrogens with zero attached hydrogens (tertiary/aromatic N) is 4. The molecule has 1 aliphatic carbocycles. The molecule has 0 radical (unpaired) electrons. The van der Waals surface area contributed by atoms with E-state index >= 15 is 0 Å². The number of rotatable bonds is 7. The van der Waals surface area contributed by atoms with Crippen LogP contribution in [0.3, 0.4) is 0 Å². The molecule has 0 amide bonds. The first-order chi connectivity index (χ1) is 14.3. The number of Topliss-reactive ketones (excluding diaryl/α,β-unsaturated/α-hetero) is 1. The van der Waals surface area contributed by atoms with Crippen molar-refractivity contribution in [3.8, 4) is 0 Å². The topological polar surface area (TPSA) is 75.5 Å². The Morgan fingerprint density at radius 3 is 2.47 bits per heavy atom. The predicted molar refractivity (Wildman–Crippen MR) is 118 cm³/mol. The summed E-state index contributed by atoms with van der Waals surface area (Å²) >= 11 is 1.34. The third-order valence-electron chi connectivity index (χ3n) is 5.86. The molecule has 1 aliphatic heterocycles. The number of hydrogen-bond acceptors (Lipinski definition) is 6. The molecule has 0 bridgehead atoms. The summed E-state index contributed by atoms with van der Waals surface area (Å²) in [5.41, 5.74) is 2.96. The number of thioether (sulfide) groups is 1. The first-order valence-corrected chi connectivity index (χ1v) is 12.7. The highest BCUT2D eigenvalue weighted by atomic mass is 32.2. The summed E-state index contributed by atoms with van der Waals surface area (Å²) in [5, 5.41) is 0.650. The van der Waals surface area contributed by atoms with Crippen molar-refractivity contribution < 1.29 is 13.2 Å². The van der Waals surface area contributed by atoms with E-state index < -0.39 is 10.0 Å². The van der Waals surface area contributed by atoms with Crippen molar-refractivity contribution in [1.29, 1.82) is 0 Å². The Hall–Kier alpha value is -1.68. The molecule has 7 nitrogen and oxygen atoms in total. The van der Waals surface area contributed by atoms with Crippen LogP contribution in [0.4, 0.5) is 0 Å². The molecule has 1 saturated carbocycles. The van der Waals surface area contributed by atoms with Gasteiger partial charge in [0, 0.05) is 55.4 Å². The van der Waals surface area contributed by atoms with Crippen LogP contribution in [-0.4, -0.2) is 71.9 Å². The van der Waals surface area contributed by atoms with Crippen LogP contribution in [0.15, 0.2) is 34.3 Å². The van der Waals surface area contributed by atoms with Gasteiger partial charge in [0.2, 0.25) is 10.0 Å². The van der Waals surface area contributed by atoms with Crippen molar-refractivity contribution >= 4 is 27.6 Å². The second kappa shape index (κ2) is 8.45. The van der Waals surface area contributed by atoms with E-state index in [0.29, 0.717) is 24.2 Å². The minimum atomic E-state index is -3.52. The van der Waals surface area contributed by atoms with Crippen LogP contribution >= 0.6 is 11.8 Å². The van der Waals surface area contributed by atoms with Crippen LogP contribution in [0.1, 0.15) is 40.6 Å². The van der Waals surface area contributed by atoms with E-state index in [2.05, 4.69) is 21.4 Å². The molecule has 0 unspecified atom stereocenters. The van der Waals surface area contributed by atoms with Gasteiger partial charge >= 0.3 is 0 Å². The smallest absolute Gasteiger partial charge is 0.244 e. The minimum absolute atomic E-state index is 0.0796. The summed E-state index contributed by atoms with van der Waals surface area (Å²) in [4.78, 5) is 19.3. The summed E-state index contributed by atoms with van der Waals surface area (Å²) in [6, 6.07) is 5.81. The number of hydrogen-bond donors (Lipinski definition) is 0. The number of likely N-dealkylation sites (N-methyl/N-ethyl adjacent to an activating group) is 1. The minimum Gasteiger partial charge on any atom is -0.345 e. The van der Waals surface area contributed by atoms with Gasteiger partial charge < -0.3 is 9.47 Å². The molecule has 1 saturated heterocycles. The number of carbonyl (C=O) groups is 1. The molecular formula is C21H28N4O3S2. The Morgan fingerprint density at radius 1 is 1.17 bits per heavy atom. The van der Waals surface area contributed by atoms with Gasteiger partial charge in [-0.2, -0.15) is 4.31 Å². The average Bonchev–Trinajstić information content (AvgIpc) is 3.51. The van der Waals surface area contributed by atoms with Crippen LogP contribution in [0, 0.1) is 13.8 Å². The van der Waals surface area contributed by atoms with Crippen molar-refractivity contribution in [1.82, 2.24) is 18.8 Å². The van der Waals surface area contributed by atoms with Crippen LogP contribution in [0.5, 0.6) is 0 Å². The molecule has 2 aromatic heterocycles. The average molecular weight is 449 g/mol. The SMILES string of the molecule is Cc1cc(C(=O)CSc2ccc(S(=O)(=O)N3CCN(C)CC3)cn2)c(C)n1C1CC1. The van der Waals surface area contributed by atoms with Crippen molar-refractivity contribution in [3.05, 3.63) is 41.3 Å². The van der Waals surface area contributed by atoms with E-state index in [9.17, 15) is 13.2 Å². The summed E-state index contributed by atoms with van der Waals surface area (Å²) < 4.78 is 29.4. The van der Waals surface area contributed by atoms with Gasteiger partial charge in [-0.05, 0) is 51.9 Å². The normalized spacial score (nSPS) is 18.6. The second-order valence-electron chi connectivity index (χ2n) is 8.14. The van der Waals surface area contributed by atoms with E-state index in [4.69, 9.17) is 0 Å². The fourth-order valence-electron chi connectivity index (χ4n) is 3.95. The highest BCUT2D eigenvalue weighted by molar-refractivity contribution is 7.99. The van der Waals surface area contributed by atoms with Crippen molar-refractivity contribution in [2.24, 2.45) is 0 Å². The van der Waals surface area contributed by atoms with Gasteiger partial charge in [-0.15, -0.1) is 0 Å². The summed E-state index contributed by atoms with van der Waals surface area (Å²) in [6.45, 7) is 6.50. The monoisotopic (exact) mass is 448 g/mol. The molecule has 0 N–H and O–H groups in total. The molecule has 2 fully saturated rings. The lowest BCUT2D eigenvalue weighted by atomic mass is 10.2. The highest BCUT2D eigenvalue weighted by Gasteiger charge is 2.29. The molecule has 3 heterocycles. The first-order valence-electron chi connectivity index (χ1n) is 10.3. The number of pyridine rings is 1. The lowest BCUT2D eigenvalue weighted by Gasteiger charge is -2.31. The molecule has 30 heavy (non-hydrogen) atoms. The fourth-order valence-corrected chi connectivity index (χ4v) is 6.05. The number of aryl methyl sites for hydroxylation is 1. The molecule has 0 aromatic carbocycles. The Labute approximate surface area is 182 Å². The third-order valence-corrected chi connectivity index (χ3v) is 8.68. The fraction of sp³-hybridized carbons (Fsp3) is 0.524. The Balaban J connectivity index is 1.39. The van der Waals surface area contributed by atoms with Gasteiger partial charge in [-0.3, -0.25) is 4.79 Å². The van der Waals surface area contributed by atoms with Gasteiger partial charge in [0.1, 0.15) is 4.90 Å². The molecule has 162 valence electrons. The van der Waals surface area contributed by atoms with E-state index in [1.807, 2.05) is 20.0 Å². The Kier molecular flexibility index (Phi) is 6.07. The number of aromatic nitrogens is 2. The Bertz CT molecular complexity index is 1030. The number of piperazine rings is 1. The van der Waals surface area contributed by atoms with Gasteiger partial charge in [0.05, 0.1) is 10.8 Å². The largest absolute Gasteiger partial charge is 0.345 e. The van der Waals surface area contributed by atoms with Gasteiger partial charge in [-0.1, -0.05) is 11.8 Å². The van der Waals surface area contributed by atoms with Gasteiger partial charge in [0.15, 0.2) is 5.78 Å². The van der Waals surface area contributed by atoms with E-state index in [0.717, 1.165) is 30.0 Å². The van der Waals surface area contributed by atoms with Crippen molar-refractivity contribution in [2.75, 3.05) is 39.0 Å². The molecule has 2 aromatic rings. The zero-order chi connectivity index (χ0) is 21.5. The number of ketones is 1. The summed E-state index contributed by atoms with van der Waals surface area (Å²) in [7, 11) is -1.53. The third kappa shape index (κ3) is 4.34. The van der Waals surface area contributed by atoms with Crippen LogP contribution in [0.2, 0.25) is 0 Å². The lowest BCUT2D eigenvalue weighted by molar-refractivity contribution is 0.102. The number of carbonyl (C=O) groups excluding carboxylic acids is 1. The van der Waals surface area contributed by atoms with Crippen LogP contribution in [0.25, 0.3) is 0 Å². The van der Waals surface area contributed by atoms with Crippen LogP contribution in [-0.2, 0) is 10.0 Å². The maximum Gasteiger partial charge on any atom is 0.244 e. The zero-order valence-electron chi connectivity index (χ0n) is 17.7. The summed E-state index contributed by atoms with van der Waals surface area (Å²) in [5.74, 6) is 0.364. The molecular weight excluding hydrogens is 420 g/mol. The van der Waals surface area contributed by atoms with Gasteiger partial charge in [0.25, 0.3) is 0 Å². The second-order valence-corrected chi connectivity index (χ2v) is 11.1. The van der Waals surface area contributed by atoms with Gasteiger partial charge in [-0.25, -0.2) is 13.4 Å². The molecule has 0 spiro atoms. The molecule has 0 atom stereocenters. The van der Waals surface area contributed by atoms with E-state index in [1.54, 1.807) is 12.1 Å². The van der Waals surface area contributed by atoms with E-state index in [-0.39, 0.29) is 16.4 Å². The highest BCUT2D eigenvalue weighted by Crippen LogP contribution is 2.38. The zero-order valence-corrected chi connectivity index (χ0v) is 19.3. The first kappa shape index (κ1) is 21.5. The maximum absolute atomic E-state index is 12.8. The molecule has 9 heteroatoms. The number of sulfonamides is 1. The summed E-state index contributed by atoms with van der Waals surface area (Å²) in [6.07, 6.45) is 3.78. The van der Waals surface area contributed by atoms with E-state index in [1.165, 1.54) is 35.1 Å². The lowest BCUT2D eigenvalue weighted by Crippen LogP contribution is -2.47. The van der Waals surface area contributed by atoms with Crippen molar-refractivity contribution in [2.45, 2.75) is 42.7 Å². The molecule has 2 aliphatic rings. The standard InChI is InChI=1S/C21H28N4O3S2/c1-15-12-19(16(2)25(15)17-4-5-17)20(26)14-29-21-7-6-18(13-22-21)30(27,28)24-10-8-23(3)9-11-24/h6-7,12-13,17H,4-5,8-11,14H2,1-3H3. The maximum atomic E-state index is 12.8. The predicted octanol–water partition coefficient (Wildman–Crippen LogP) is 2.75. The quantitative estimate of drug-likeness (QED) is 0.479. The van der Waals surface area contributed by atoms with Crippen LogP contribution < -0.4 is 0 Å². The molecule has 4 rings (SSSR count). The van der Waals surface area contributed by atoms with Crippen molar-refractivity contribution in [3.63, 3.8) is 0 Å².